The van der Waals surface area contributed by atoms with Crippen LogP contribution in [0.25, 0.3) is 11.3 Å². The van der Waals surface area contributed by atoms with Crippen LogP contribution in [0.15, 0.2) is 10.6 Å². The summed E-state index contributed by atoms with van der Waals surface area (Å²) in [7, 11) is 3.42. The molecule has 2 aromatic rings. The third kappa shape index (κ3) is 1.57. The summed E-state index contributed by atoms with van der Waals surface area (Å²) in [5.74, 6) is 1.30. The maximum absolute atomic E-state index is 5.47. The molecule has 0 aliphatic rings. The molecule has 0 radical (unpaired) electrons. The van der Waals surface area contributed by atoms with Crippen LogP contribution in [0.1, 0.15) is 11.5 Å². The minimum Gasteiger partial charge on any atom is -0.481 e. The van der Waals surface area contributed by atoms with E-state index >= 15 is 0 Å². The highest BCUT2D eigenvalue weighted by Gasteiger charge is 2.19. The van der Waals surface area contributed by atoms with Crippen molar-refractivity contribution in [3.8, 4) is 17.1 Å². The number of nitrogens with zero attached hydrogens (tertiary/aromatic N) is 3. The minimum atomic E-state index is 0.328. The molecule has 0 atom stereocenters. The van der Waals surface area contributed by atoms with Gasteiger partial charge in [-0.25, -0.2) is 4.68 Å². The molecule has 6 nitrogen and oxygen atoms in total. The summed E-state index contributed by atoms with van der Waals surface area (Å²) >= 11 is 0. The van der Waals surface area contributed by atoms with Crippen molar-refractivity contribution in [2.24, 2.45) is 12.8 Å². The van der Waals surface area contributed by atoms with E-state index in [1.54, 1.807) is 17.9 Å². The van der Waals surface area contributed by atoms with Crippen molar-refractivity contribution in [2.45, 2.75) is 13.5 Å². The Bertz CT molecular complexity index is 501. The first kappa shape index (κ1) is 10.7. The van der Waals surface area contributed by atoms with E-state index in [4.69, 9.17) is 15.0 Å². The average Bonchev–Trinajstić information content (AvgIpc) is 2.82. The third-order valence-corrected chi connectivity index (χ3v) is 2.38. The van der Waals surface area contributed by atoms with Gasteiger partial charge >= 0.3 is 0 Å². The highest BCUT2D eigenvalue weighted by atomic mass is 16.5. The van der Waals surface area contributed by atoms with Gasteiger partial charge in [-0.2, -0.15) is 5.10 Å². The summed E-state index contributed by atoms with van der Waals surface area (Å²) < 4.78 is 12.0. The molecule has 0 aliphatic heterocycles. The summed E-state index contributed by atoms with van der Waals surface area (Å²) in [6.45, 7) is 2.23. The lowest BCUT2D eigenvalue weighted by molar-refractivity contribution is 0.372. The molecule has 2 N–H and O–H groups in total. The van der Waals surface area contributed by atoms with Crippen molar-refractivity contribution >= 4 is 0 Å². The summed E-state index contributed by atoms with van der Waals surface area (Å²) in [6.07, 6.45) is 0. The van der Waals surface area contributed by atoms with Gasteiger partial charge in [-0.3, -0.25) is 0 Å². The Kier molecular flexibility index (Phi) is 2.66. The predicted octanol–water partition coefficient (Wildman–Crippen LogP) is 0.851. The fraction of sp³-hybridized carbons (Fsp3) is 0.400. The number of aryl methyl sites for hydroxylation is 2. The lowest BCUT2D eigenvalue weighted by atomic mass is 10.2. The zero-order chi connectivity index (χ0) is 11.7. The molecule has 16 heavy (non-hydrogen) atoms. The number of ether oxygens (including phenoxy) is 1. The fourth-order valence-corrected chi connectivity index (χ4v) is 1.69. The second kappa shape index (κ2) is 3.97. The molecule has 0 aliphatic carbocycles. The van der Waals surface area contributed by atoms with E-state index in [-0.39, 0.29) is 0 Å². The molecule has 0 unspecified atom stereocenters. The van der Waals surface area contributed by atoms with Crippen molar-refractivity contribution < 1.29 is 9.26 Å². The fourth-order valence-electron chi connectivity index (χ4n) is 1.69. The van der Waals surface area contributed by atoms with Gasteiger partial charge in [0.15, 0.2) is 5.76 Å². The highest BCUT2D eigenvalue weighted by Crippen LogP contribution is 2.31. The van der Waals surface area contributed by atoms with Gasteiger partial charge in [-0.1, -0.05) is 5.16 Å². The van der Waals surface area contributed by atoms with Crippen LogP contribution in [-0.2, 0) is 13.6 Å². The van der Waals surface area contributed by atoms with Crippen LogP contribution in [0.5, 0.6) is 5.88 Å². The van der Waals surface area contributed by atoms with Gasteiger partial charge in [0.1, 0.15) is 5.69 Å². The van der Waals surface area contributed by atoms with Crippen molar-refractivity contribution in [3.05, 3.63) is 17.5 Å². The SMILES string of the molecule is COc1c(-c2cc(CN)on2)c(C)nn1C. The van der Waals surface area contributed by atoms with Gasteiger partial charge in [0.2, 0.25) is 5.88 Å². The minimum absolute atomic E-state index is 0.328. The van der Waals surface area contributed by atoms with Crippen molar-refractivity contribution in [3.63, 3.8) is 0 Å². The molecule has 0 fully saturated rings. The standard InChI is InChI=1S/C10H14N4O2/c1-6-9(10(15-3)14(2)12-6)8-4-7(5-11)16-13-8/h4H,5,11H2,1-3H3. The lowest BCUT2D eigenvalue weighted by Crippen LogP contribution is -1.95. The largest absolute Gasteiger partial charge is 0.481 e. The normalized spacial score (nSPS) is 10.8. The molecule has 86 valence electrons. The maximum Gasteiger partial charge on any atom is 0.221 e. The van der Waals surface area contributed by atoms with Gasteiger partial charge < -0.3 is 15.0 Å². The van der Waals surface area contributed by atoms with Crippen LogP contribution in [-0.4, -0.2) is 22.0 Å². The van der Waals surface area contributed by atoms with Gasteiger partial charge in [0, 0.05) is 13.1 Å². The third-order valence-electron chi connectivity index (χ3n) is 2.38. The molecular weight excluding hydrogens is 208 g/mol. The van der Waals surface area contributed by atoms with Crippen molar-refractivity contribution in [1.82, 2.24) is 14.9 Å². The number of hydrogen-bond donors (Lipinski definition) is 1. The molecule has 0 bridgehead atoms. The topological polar surface area (TPSA) is 79.1 Å². The Balaban J connectivity index is 2.54. The van der Waals surface area contributed by atoms with E-state index in [0.29, 0.717) is 23.9 Å². The van der Waals surface area contributed by atoms with Gasteiger partial charge in [-0.05, 0) is 6.92 Å². The predicted molar refractivity (Wildman–Crippen MR) is 57.9 cm³/mol. The number of aromatic nitrogens is 3. The molecule has 0 saturated heterocycles. The van der Waals surface area contributed by atoms with Gasteiger partial charge in [0.25, 0.3) is 0 Å². The Hall–Kier alpha value is -1.82. The zero-order valence-electron chi connectivity index (χ0n) is 9.52. The summed E-state index contributed by atoms with van der Waals surface area (Å²) in [6, 6.07) is 1.80. The Labute approximate surface area is 93.0 Å². The van der Waals surface area contributed by atoms with E-state index in [1.165, 1.54) is 0 Å². The smallest absolute Gasteiger partial charge is 0.221 e. The highest BCUT2D eigenvalue weighted by molar-refractivity contribution is 5.67. The van der Waals surface area contributed by atoms with Crippen LogP contribution in [0.2, 0.25) is 0 Å². The van der Waals surface area contributed by atoms with Crippen LogP contribution in [0.3, 0.4) is 0 Å². The first-order chi connectivity index (χ1) is 7.67. The van der Waals surface area contributed by atoms with Crippen LogP contribution >= 0.6 is 0 Å². The summed E-state index contributed by atoms with van der Waals surface area (Å²) in [5, 5.41) is 8.22. The quantitative estimate of drug-likeness (QED) is 0.832. The Morgan fingerprint density at radius 1 is 1.56 bits per heavy atom. The molecule has 2 rings (SSSR count). The first-order valence-corrected chi connectivity index (χ1v) is 4.91. The van der Waals surface area contributed by atoms with Crippen LogP contribution < -0.4 is 10.5 Å². The number of hydrogen-bond acceptors (Lipinski definition) is 5. The van der Waals surface area contributed by atoms with E-state index in [2.05, 4.69) is 10.3 Å². The number of methoxy groups -OCH3 is 1. The summed E-state index contributed by atoms with van der Waals surface area (Å²) in [4.78, 5) is 0. The van der Waals surface area contributed by atoms with Crippen molar-refractivity contribution in [1.29, 1.82) is 0 Å². The van der Waals surface area contributed by atoms with Crippen molar-refractivity contribution in [2.75, 3.05) is 7.11 Å². The Morgan fingerprint density at radius 3 is 2.88 bits per heavy atom. The van der Waals surface area contributed by atoms with E-state index in [1.807, 2.05) is 14.0 Å². The van der Waals surface area contributed by atoms with E-state index < -0.39 is 0 Å². The van der Waals surface area contributed by atoms with E-state index in [0.717, 1.165) is 11.3 Å². The van der Waals surface area contributed by atoms with Crippen LogP contribution in [0.4, 0.5) is 0 Å². The lowest BCUT2D eigenvalue weighted by Gasteiger charge is -2.01. The molecule has 0 amide bonds. The molecule has 2 heterocycles. The number of rotatable bonds is 3. The second-order valence-corrected chi connectivity index (χ2v) is 3.48. The molecule has 6 heteroatoms. The van der Waals surface area contributed by atoms with Gasteiger partial charge in [0.05, 0.1) is 24.9 Å². The molecule has 2 aromatic heterocycles. The number of nitrogens with two attached hydrogens (primary N) is 1. The van der Waals surface area contributed by atoms with Crippen LogP contribution in [0, 0.1) is 6.92 Å². The maximum atomic E-state index is 5.47. The molecular formula is C10H14N4O2. The monoisotopic (exact) mass is 222 g/mol. The first-order valence-electron chi connectivity index (χ1n) is 4.91. The Morgan fingerprint density at radius 2 is 2.31 bits per heavy atom. The van der Waals surface area contributed by atoms with E-state index in [9.17, 15) is 0 Å². The summed E-state index contributed by atoms with van der Waals surface area (Å²) in [5.41, 5.74) is 7.85. The molecule has 0 spiro atoms. The van der Waals surface area contributed by atoms with Gasteiger partial charge in [-0.15, -0.1) is 0 Å². The average molecular weight is 222 g/mol. The molecule has 0 aromatic carbocycles. The second-order valence-electron chi connectivity index (χ2n) is 3.48. The zero-order valence-corrected chi connectivity index (χ0v) is 9.52. The molecule has 0 saturated carbocycles.